The Bertz CT molecular complexity index is 1520. The highest BCUT2D eigenvalue weighted by atomic mass is 79.9. The number of imide groups is 1. The van der Waals surface area contributed by atoms with Crippen LogP contribution < -0.4 is 4.74 Å². The number of carbonyl (C=O) groups is 2. The highest BCUT2D eigenvalue weighted by molar-refractivity contribution is 9.10. The first-order chi connectivity index (χ1) is 17.8. The summed E-state index contributed by atoms with van der Waals surface area (Å²) in [5.74, 6) is -0.819. The van der Waals surface area contributed by atoms with Crippen molar-refractivity contribution in [1.82, 2.24) is 4.90 Å². The average Bonchev–Trinajstić information content (AvgIpc) is 3.09. The molecule has 14 heteroatoms. The van der Waals surface area contributed by atoms with Crippen molar-refractivity contribution in [3.05, 3.63) is 101 Å². The first kappa shape index (κ1) is 28.0. The van der Waals surface area contributed by atoms with Gasteiger partial charge < -0.3 is 4.74 Å². The van der Waals surface area contributed by atoms with Crippen LogP contribution in [0.15, 0.2) is 64.0 Å². The largest absolute Gasteiger partial charge is 0.449 e. The number of halogens is 6. The SMILES string of the molecule is O=C1S/C(=C/c2ccc(Oc3ccc(C(F)(F)F)cc3[N+](=O)[O-])c(Br)c2)C(=O)N1Cc1ccc(Cl)c(Cl)c1. The number of benzene rings is 3. The molecule has 0 saturated carbocycles. The zero-order chi connectivity index (χ0) is 27.8. The summed E-state index contributed by atoms with van der Waals surface area (Å²) in [4.78, 5) is 36.9. The molecule has 2 amide bonds. The minimum Gasteiger partial charge on any atom is -0.449 e. The van der Waals surface area contributed by atoms with Gasteiger partial charge in [0.25, 0.3) is 11.1 Å². The van der Waals surface area contributed by atoms with Crippen LogP contribution in [-0.4, -0.2) is 21.0 Å². The van der Waals surface area contributed by atoms with Crippen molar-refractivity contribution < 1.29 is 32.4 Å². The third-order valence-corrected chi connectivity index (χ3v) is 7.42. The predicted molar refractivity (Wildman–Crippen MR) is 140 cm³/mol. The Balaban J connectivity index is 1.54. The number of hydrogen-bond acceptors (Lipinski definition) is 6. The Hall–Kier alpha value is -3.06. The van der Waals surface area contributed by atoms with E-state index in [0.717, 1.165) is 22.7 Å². The molecule has 1 aliphatic rings. The summed E-state index contributed by atoms with van der Waals surface area (Å²) >= 11 is 15.9. The normalized spacial score (nSPS) is 14.9. The lowest BCUT2D eigenvalue weighted by molar-refractivity contribution is -0.385. The van der Waals surface area contributed by atoms with Crippen molar-refractivity contribution >= 4 is 73.8 Å². The van der Waals surface area contributed by atoms with Crippen LogP contribution in [0, 0.1) is 10.1 Å². The van der Waals surface area contributed by atoms with Gasteiger partial charge in [-0.2, -0.15) is 13.2 Å². The zero-order valence-electron chi connectivity index (χ0n) is 18.6. The van der Waals surface area contributed by atoms with Gasteiger partial charge in [-0.3, -0.25) is 24.6 Å². The number of rotatable bonds is 6. The van der Waals surface area contributed by atoms with Crippen molar-refractivity contribution in [2.45, 2.75) is 12.7 Å². The molecule has 1 saturated heterocycles. The molecule has 0 radical (unpaired) electrons. The van der Waals surface area contributed by atoms with Gasteiger partial charge in [0.15, 0.2) is 0 Å². The monoisotopic (exact) mass is 646 g/mol. The van der Waals surface area contributed by atoms with E-state index in [4.69, 9.17) is 27.9 Å². The van der Waals surface area contributed by atoms with Gasteiger partial charge in [-0.25, -0.2) is 0 Å². The second kappa shape index (κ2) is 11.0. The molecule has 0 bridgehead atoms. The third kappa shape index (κ3) is 6.15. The number of ether oxygens (including phenoxy) is 1. The maximum Gasteiger partial charge on any atom is 0.416 e. The summed E-state index contributed by atoms with van der Waals surface area (Å²) in [6, 6.07) is 11.2. The molecule has 3 aromatic carbocycles. The van der Waals surface area contributed by atoms with Crippen LogP contribution in [0.2, 0.25) is 10.0 Å². The van der Waals surface area contributed by atoms with Gasteiger partial charge in [-0.05, 0) is 81.3 Å². The lowest BCUT2D eigenvalue weighted by Crippen LogP contribution is -2.27. The number of alkyl halides is 3. The molecule has 1 aliphatic heterocycles. The fourth-order valence-electron chi connectivity index (χ4n) is 3.34. The quantitative estimate of drug-likeness (QED) is 0.151. The summed E-state index contributed by atoms with van der Waals surface area (Å²) in [6.07, 6.45) is -3.28. The smallest absolute Gasteiger partial charge is 0.416 e. The van der Waals surface area contributed by atoms with E-state index in [1.54, 1.807) is 18.2 Å². The van der Waals surface area contributed by atoms with Gasteiger partial charge in [-0.1, -0.05) is 35.3 Å². The van der Waals surface area contributed by atoms with Crippen LogP contribution in [0.25, 0.3) is 6.08 Å². The van der Waals surface area contributed by atoms with E-state index in [1.807, 2.05) is 0 Å². The molecule has 0 aromatic heterocycles. The number of nitro groups is 1. The molecule has 1 heterocycles. The Kier molecular flexibility index (Phi) is 8.07. The molecule has 0 spiro atoms. The fraction of sp³-hybridized carbons (Fsp3) is 0.0833. The summed E-state index contributed by atoms with van der Waals surface area (Å²) in [6.45, 7) is 0.00127. The minimum absolute atomic E-state index is 0.00127. The number of hydrogen-bond donors (Lipinski definition) is 0. The Morgan fingerprint density at radius 3 is 2.37 bits per heavy atom. The van der Waals surface area contributed by atoms with Gasteiger partial charge in [0.1, 0.15) is 5.75 Å². The summed E-state index contributed by atoms with van der Waals surface area (Å²) < 4.78 is 44.6. The van der Waals surface area contributed by atoms with Gasteiger partial charge >= 0.3 is 11.9 Å². The Labute approximate surface area is 235 Å². The standard InChI is InChI=1S/C24H12BrCl2F3N2O5S/c25-15-7-12(2-5-19(15)37-20-6-3-14(24(28,29)30)10-18(20)32(35)36)9-21-22(33)31(23(34)38-21)11-13-1-4-16(26)17(27)8-13/h1-10H,11H2/b21-9+. The van der Waals surface area contributed by atoms with Gasteiger partial charge in [-0.15, -0.1) is 0 Å². The molecule has 7 nitrogen and oxygen atoms in total. The predicted octanol–water partition coefficient (Wildman–Crippen LogP) is 8.71. The van der Waals surface area contributed by atoms with E-state index in [0.29, 0.717) is 37.8 Å². The van der Waals surface area contributed by atoms with Crippen molar-refractivity contribution in [2.75, 3.05) is 0 Å². The first-order valence-corrected chi connectivity index (χ1v) is 12.7. The minimum atomic E-state index is -4.76. The van der Waals surface area contributed by atoms with Gasteiger partial charge in [0.2, 0.25) is 5.75 Å². The van der Waals surface area contributed by atoms with Crippen LogP contribution >= 0.6 is 50.9 Å². The van der Waals surface area contributed by atoms with Crippen molar-refractivity contribution in [2.24, 2.45) is 0 Å². The average molecular weight is 648 g/mol. The van der Waals surface area contributed by atoms with E-state index in [-0.39, 0.29) is 22.9 Å². The topological polar surface area (TPSA) is 89.7 Å². The number of carbonyl (C=O) groups excluding carboxylic acids is 2. The highest BCUT2D eigenvalue weighted by Crippen LogP contribution is 2.40. The van der Waals surface area contributed by atoms with E-state index >= 15 is 0 Å². The van der Waals surface area contributed by atoms with Gasteiger partial charge in [0, 0.05) is 6.07 Å². The Morgan fingerprint density at radius 2 is 1.74 bits per heavy atom. The lowest BCUT2D eigenvalue weighted by atomic mass is 10.1. The third-order valence-electron chi connectivity index (χ3n) is 5.15. The zero-order valence-corrected chi connectivity index (χ0v) is 22.5. The van der Waals surface area contributed by atoms with Crippen LogP contribution in [0.3, 0.4) is 0 Å². The molecular weight excluding hydrogens is 636 g/mol. The second-order valence-electron chi connectivity index (χ2n) is 7.75. The van der Waals surface area contributed by atoms with Crippen LogP contribution in [0.4, 0.5) is 23.7 Å². The number of amides is 2. The first-order valence-electron chi connectivity index (χ1n) is 10.4. The maximum atomic E-state index is 12.9. The molecule has 4 rings (SSSR count). The van der Waals surface area contributed by atoms with Crippen LogP contribution in [0.1, 0.15) is 16.7 Å². The van der Waals surface area contributed by atoms with E-state index in [2.05, 4.69) is 15.9 Å². The van der Waals surface area contributed by atoms with E-state index in [1.165, 1.54) is 24.3 Å². The molecule has 1 fully saturated rings. The summed E-state index contributed by atoms with van der Waals surface area (Å²) in [5, 5.41) is 11.5. The van der Waals surface area contributed by atoms with Crippen molar-refractivity contribution in [3.8, 4) is 11.5 Å². The van der Waals surface area contributed by atoms with Gasteiger partial charge in [0.05, 0.1) is 36.5 Å². The van der Waals surface area contributed by atoms with E-state index < -0.39 is 33.5 Å². The molecule has 0 atom stereocenters. The molecule has 0 unspecified atom stereocenters. The number of thioether (sulfide) groups is 1. The van der Waals surface area contributed by atoms with Crippen molar-refractivity contribution in [3.63, 3.8) is 0 Å². The molecule has 3 aromatic rings. The molecule has 38 heavy (non-hydrogen) atoms. The number of nitrogens with zero attached hydrogens (tertiary/aromatic N) is 2. The van der Waals surface area contributed by atoms with Crippen LogP contribution in [0.5, 0.6) is 11.5 Å². The van der Waals surface area contributed by atoms with E-state index in [9.17, 15) is 32.9 Å². The van der Waals surface area contributed by atoms with Crippen LogP contribution in [-0.2, 0) is 17.5 Å². The van der Waals surface area contributed by atoms with Crippen molar-refractivity contribution in [1.29, 1.82) is 0 Å². The fourth-order valence-corrected chi connectivity index (χ4v) is 4.98. The number of nitro benzene ring substituents is 1. The summed E-state index contributed by atoms with van der Waals surface area (Å²) in [7, 11) is 0. The summed E-state index contributed by atoms with van der Waals surface area (Å²) in [5.41, 5.74) is -0.929. The molecule has 0 aliphatic carbocycles. The molecular formula is C24H12BrCl2F3N2O5S. The highest BCUT2D eigenvalue weighted by Gasteiger charge is 2.35. The maximum absolute atomic E-state index is 12.9. The Morgan fingerprint density at radius 1 is 1.03 bits per heavy atom. The molecule has 0 N–H and O–H groups in total. The second-order valence-corrected chi connectivity index (χ2v) is 10.4. The molecule has 196 valence electrons. The lowest BCUT2D eigenvalue weighted by Gasteiger charge is -2.13.